The molecule has 0 saturated carbocycles. The first-order valence-electron chi connectivity index (χ1n) is 6.65. The zero-order valence-electron chi connectivity index (χ0n) is 11.3. The van der Waals surface area contributed by atoms with Gasteiger partial charge in [0, 0.05) is 23.5 Å². The van der Waals surface area contributed by atoms with Gasteiger partial charge in [0.15, 0.2) is 0 Å². The lowest BCUT2D eigenvalue weighted by Gasteiger charge is -2.18. The Balaban J connectivity index is 1.78. The van der Waals surface area contributed by atoms with Crippen molar-refractivity contribution in [1.29, 1.82) is 5.26 Å². The van der Waals surface area contributed by atoms with Crippen LogP contribution in [0, 0.1) is 11.3 Å². The molecule has 1 aliphatic heterocycles. The second kappa shape index (κ2) is 5.17. The van der Waals surface area contributed by atoms with E-state index in [0.717, 1.165) is 23.4 Å². The van der Waals surface area contributed by atoms with Crippen molar-refractivity contribution < 1.29 is 4.79 Å². The molecule has 2 aromatic rings. The number of nitriles is 1. The maximum Gasteiger partial charge on any atom is 0.326 e. The largest absolute Gasteiger partial charge is 0.398 e. The molecule has 21 heavy (non-hydrogen) atoms. The quantitative estimate of drug-likeness (QED) is 0.787. The highest BCUT2D eigenvalue weighted by Gasteiger charge is 2.25. The number of benzene rings is 2. The summed E-state index contributed by atoms with van der Waals surface area (Å²) in [5.74, 6) is 0. The van der Waals surface area contributed by atoms with Crippen LogP contribution in [0.4, 0.5) is 21.9 Å². The number of carbonyl (C=O) groups is 1. The van der Waals surface area contributed by atoms with Gasteiger partial charge >= 0.3 is 6.03 Å². The normalized spacial score (nSPS) is 12.6. The predicted octanol–water partition coefficient (Wildman–Crippen LogP) is 2.74. The fourth-order valence-electron chi connectivity index (χ4n) is 2.49. The lowest BCUT2D eigenvalue weighted by Crippen LogP contribution is -2.33. The third-order valence-corrected chi connectivity index (χ3v) is 3.57. The molecule has 5 heteroatoms. The zero-order chi connectivity index (χ0) is 14.8. The van der Waals surface area contributed by atoms with Crippen LogP contribution < -0.4 is 16.0 Å². The van der Waals surface area contributed by atoms with Crippen LogP contribution in [-0.2, 0) is 6.42 Å². The number of nitrogen functional groups attached to an aromatic ring is 1. The number of anilines is 3. The van der Waals surface area contributed by atoms with Crippen LogP contribution in [0.5, 0.6) is 0 Å². The van der Waals surface area contributed by atoms with Crippen molar-refractivity contribution in [2.75, 3.05) is 22.5 Å². The monoisotopic (exact) mass is 278 g/mol. The van der Waals surface area contributed by atoms with Gasteiger partial charge in [0.1, 0.15) is 0 Å². The number of fused-ring (bicyclic) bond motifs is 1. The standard InChI is InChI=1S/C16H14N4O/c17-10-11-4-6-12(7-5-11)19-16(21)20-9-8-13-14(18)2-1-3-15(13)20/h1-7H,8-9,18H2,(H,19,21). The molecule has 1 heterocycles. The summed E-state index contributed by atoms with van der Waals surface area (Å²) in [6.07, 6.45) is 0.767. The van der Waals surface area contributed by atoms with E-state index < -0.39 is 0 Å². The average molecular weight is 278 g/mol. The smallest absolute Gasteiger partial charge is 0.326 e. The molecule has 104 valence electrons. The summed E-state index contributed by atoms with van der Waals surface area (Å²) in [7, 11) is 0. The van der Waals surface area contributed by atoms with E-state index in [0.29, 0.717) is 17.8 Å². The molecule has 0 fully saturated rings. The summed E-state index contributed by atoms with van der Waals surface area (Å²) in [5.41, 5.74) is 9.76. The summed E-state index contributed by atoms with van der Waals surface area (Å²) in [6.45, 7) is 0.617. The van der Waals surface area contributed by atoms with Gasteiger partial charge in [-0.2, -0.15) is 5.26 Å². The topological polar surface area (TPSA) is 82.2 Å². The molecular weight excluding hydrogens is 264 g/mol. The van der Waals surface area contributed by atoms with Crippen molar-refractivity contribution in [3.8, 4) is 6.07 Å². The van der Waals surface area contributed by atoms with Gasteiger partial charge in [0.25, 0.3) is 0 Å². The number of nitrogens with two attached hydrogens (primary N) is 1. The maximum absolute atomic E-state index is 12.4. The summed E-state index contributed by atoms with van der Waals surface area (Å²) < 4.78 is 0. The number of rotatable bonds is 1. The Morgan fingerprint density at radius 3 is 2.71 bits per heavy atom. The molecule has 3 N–H and O–H groups in total. The number of nitrogens with zero attached hydrogens (tertiary/aromatic N) is 2. The SMILES string of the molecule is N#Cc1ccc(NC(=O)N2CCc3c(N)cccc32)cc1. The Hall–Kier alpha value is -3.00. The van der Waals surface area contributed by atoms with Crippen molar-refractivity contribution in [3.63, 3.8) is 0 Å². The molecule has 2 amide bonds. The van der Waals surface area contributed by atoms with Crippen molar-refractivity contribution in [2.24, 2.45) is 0 Å². The number of carbonyl (C=O) groups excluding carboxylic acids is 1. The number of nitrogens with one attached hydrogen (secondary N) is 1. The maximum atomic E-state index is 12.4. The number of amides is 2. The van der Waals surface area contributed by atoms with Crippen LogP contribution in [0.3, 0.4) is 0 Å². The highest BCUT2D eigenvalue weighted by atomic mass is 16.2. The highest BCUT2D eigenvalue weighted by molar-refractivity contribution is 6.03. The highest BCUT2D eigenvalue weighted by Crippen LogP contribution is 2.32. The van der Waals surface area contributed by atoms with E-state index in [1.807, 2.05) is 24.3 Å². The number of hydrogen-bond donors (Lipinski definition) is 2. The summed E-state index contributed by atoms with van der Waals surface area (Å²) in [4.78, 5) is 14.0. The van der Waals surface area contributed by atoms with Gasteiger partial charge in [-0.05, 0) is 42.8 Å². The van der Waals surface area contributed by atoms with E-state index in [1.54, 1.807) is 29.2 Å². The molecule has 0 saturated heterocycles. The molecule has 0 atom stereocenters. The summed E-state index contributed by atoms with van der Waals surface area (Å²) in [5, 5.41) is 11.6. The first kappa shape index (κ1) is 13.0. The summed E-state index contributed by atoms with van der Waals surface area (Å²) >= 11 is 0. The Labute approximate surface area is 122 Å². The molecule has 0 radical (unpaired) electrons. The van der Waals surface area contributed by atoms with Crippen molar-refractivity contribution in [2.45, 2.75) is 6.42 Å². The van der Waals surface area contributed by atoms with Gasteiger partial charge in [0.2, 0.25) is 0 Å². The molecular formula is C16H14N4O. The van der Waals surface area contributed by atoms with Crippen LogP contribution in [-0.4, -0.2) is 12.6 Å². The Bertz CT molecular complexity index is 731. The van der Waals surface area contributed by atoms with E-state index in [-0.39, 0.29) is 6.03 Å². The Kier molecular flexibility index (Phi) is 3.20. The van der Waals surface area contributed by atoms with E-state index in [9.17, 15) is 4.79 Å². The molecule has 1 aliphatic rings. The molecule has 0 aliphatic carbocycles. The van der Waals surface area contributed by atoms with Gasteiger partial charge in [-0.1, -0.05) is 6.07 Å². The summed E-state index contributed by atoms with van der Waals surface area (Å²) in [6, 6.07) is 14.2. The van der Waals surface area contributed by atoms with Crippen LogP contribution in [0.25, 0.3) is 0 Å². The Morgan fingerprint density at radius 2 is 2.00 bits per heavy atom. The predicted molar refractivity (Wildman–Crippen MR) is 82.1 cm³/mol. The second-order valence-corrected chi connectivity index (χ2v) is 4.87. The molecule has 0 bridgehead atoms. The van der Waals surface area contributed by atoms with E-state index >= 15 is 0 Å². The van der Waals surface area contributed by atoms with Crippen LogP contribution in [0.2, 0.25) is 0 Å². The molecule has 3 rings (SSSR count). The van der Waals surface area contributed by atoms with Crippen molar-refractivity contribution >= 4 is 23.1 Å². The van der Waals surface area contributed by atoms with Gasteiger partial charge < -0.3 is 11.1 Å². The first-order valence-corrected chi connectivity index (χ1v) is 6.65. The van der Waals surface area contributed by atoms with Crippen LogP contribution in [0.15, 0.2) is 42.5 Å². The Morgan fingerprint density at radius 1 is 1.24 bits per heavy atom. The number of urea groups is 1. The van der Waals surface area contributed by atoms with Crippen molar-refractivity contribution in [3.05, 3.63) is 53.6 Å². The van der Waals surface area contributed by atoms with E-state index in [1.165, 1.54) is 0 Å². The molecule has 0 unspecified atom stereocenters. The minimum Gasteiger partial charge on any atom is -0.398 e. The lowest BCUT2D eigenvalue weighted by atomic mass is 10.1. The molecule has 0 spiro atoms. The fourth-order valence-corrected chi connectivity index (χ4v) is 2.49. The van der Waals surface area contributed by atoms with E-state index in [4.69, 9.17) is 11.0 Å². The van der Waals surface area contributed by atoms with Crippen LogP contribution in [0.1, 0.15) is 11.1 Å². The minimum absolute atomic E-state index is 0.191. The lowest BCUT2D eigenvalue weighted by molar-refractivity contribution is 0.257. The van der Waals surface area contributed by atoms with E-state index in [2.05, 4.69) is 5.32 Å². The number of hydrogen-bond acceptors (Lipinski definition) is 3. The average Bonchev–Trinajstić information content (AvgIpc) is 2.93. The van der Waals surface area contributed by atoms with Crippen molar-refractivity contribution in [1.82, 2.24) is 0 Å². The second-order valence-electron chi connectivity index (χ2n) is 4.87. The minimum atomic E-state index is -0.191. The third-order valence-electron chi connectivity index (χ3n) is 3.57. The first-order chi connectivity index (χ1) is 10.2. The van der Waals surface area contributed by atoms with Gasteiger partial charge in [-0.3, -0.25) is 4.90 Å². The zero-order valence-corrected chi connectivity index (χ0v) is 11.3. The van der Waals surface area contributed by atoms with Gasteiger partial charge in [-0.25, -0.2) is 4.79 Å². The molecule has 0 aromatic heterocycles. The fraction of sp³-hybridized carbons (Fsp3) is 0.125. The van der Waals surface area contributed by atoms with Gasteiger partial charge in [-0.15, -0.1) is 0 Å². The van der Waals surface area contributed by atoms with Crippen LogP contribution >= 0.6 is 0 Å². The van der Waals surface area contributed by atoms with Gasteiger partial charge in [0.05, 0.1) is 17.3 Å². The third kappa shape index (κ3) is 2.39. The molecule has 2 aromatic carbocycles. The molecule has 5 nitrogen and oxygen atoms in total.